The number of carbonyl (C=O) groups is 1. The molecule has 1 amide bonds. The van der Waals surface area contributed by atoms with Crippen LogP contribution in [0.3, 0.4) is 0 Å². The molecule has 0 saturated carbocycles. The third-order valence-corrected chi connectivity index (χ3v) is 5.09. The minimum absolute atomic E-state index is 0.135. The predicted molar refractivity (Wildman–Crippen MR) is 88.3 cm³/mol. The van der Waals surface area contributed by atoms with Gasteiger partial charge in [0, 0.05) is 18.7 Å². The molecule has 1 unspecified atom stereocenters. The van der Waals surface area contributed by atoms with Crippen molar-refractivity contribution in [3.05, 3.63) is 21.9 Å². The van der Waals surface area contributed by atoms with Crippen LogP contribution in [0.5, 0.6) is 0 Å². The average molecular weight is 304 g/mol. The first-order valence-electron chi connectivity index (χ1n) is 7.69. The van der Waals surface area contributed by atoms with Crippen LogP contribution in [0.2, 0.25) is 0 Å². The van der Waals surface area contributed by atoms with Crippen LogP contribution in [0.15, 0.2) is 11.4 Å². The summed E-state index contributed by atoms with van der Waals surface area (Å²) < 4.78 is 0. The van der Waals surface area contributed by atoms with Crippen LogP contribution in [0.1, 0.15) is 48.3 Å². The van der Waals surface area contributed by atoms with E-state index in [0.29, 0.717) is 12.5 Å². The Labute approximate surface area is 131 Å². The quantitative estimate of drug-likeness (QED) is 0.854. The zero-order chi connectivity index (χ0) is 15.2. The van der Waals surface area contributed by atoms with Crippen molar-refractivity contribution in [3.8, 4) is 11.8 Å². The third-order valence-electron chi connectivity index (χ3n) is 4.19. The van der Waals surface area contributed by atoms with E-state index >= 15 is 0 Å². The van der Waals surface area contributed by atoms with E-state index in [-0.39, 0.29) is 5.91 Å². The zero-order valence-electron chi connectivity index (χ0n) is 12.9. The standard InChI is InChI=1S/C17H24N2OS/c1-13(2)14-6-4-10-19(11-7-14)17(20)16-15(5-3-9-18)8-12-21-16/h8,12-14H,4,6-7,9-11,18H2,1-2H3. The van der Waals surface area contributed by atoms with Gasteiger partial charge >= 0.3 is 0 Å². The summed E-state index contributed by atoms with van der Waals surface area (Å²) in [6.07, 6.45) is 3.44. The Morgan fingerprint density at radius 3 is 3.00 bits per heavy atom. The van der Waals surface area contributed by atoms with Crippen molar-refractivity contribution in [2.75, 3.05) is 19.6 Å². The van der Waals surface area contributed by atoms with Gasteiger partial charge in [0.15, 0.2) is 0 Å². The van der Waals surface area contributed by atoms with E-state index in [0.717, 1.165) is 42.3 Å². The molecular formula is C17H24N2OS. The smallest absolute Gasteiger partial charge is 0.265 e. The molecule has 1 aromatic rings. The van der Waals surface area contributed by atoms with Crippen LogP contribution >= 0.6 is 11.3 Å². The number of likely N-dealkylation sites (tertiary alicyclic amines) is 1. The van der Waals surface area contributed by atoms with E-state index in [1.807, 2.05) is 16.3 Å². The fourth-order valence-corrected chi connectivity index (χ4v) is 3.67. The molecule has 1 aromatic heterocycles. The number of thiophene rings is 1. The number of nitrogens with zero attached hydrogens (tertiary/aromatic N) is 1. The molecule has 3 nitrogen and oxygen atoms in total. The van der Waals surface area contributed by atoms with Crippen LogP contribution in [0, 0.1) is 23.7 Å². The molecule has 1 fully saturated rings. The normalized spacial score (nSPS) is 19.0. The number of rotatable bonds is 2. The van der Waals surface area contributed by atoms with Crippen LogP contribution in [-0.4, -0.2) is 30.4 Å². The second-order valence-corrected chi connectivity index (χ2v) is 6.81. The Kier molecular flexibility index (Phi) is 5.84. The Balaban J connectivity index is 2.08. The summed E-state index contributed by atoms with van der Waals surface area (Å²) in [5, 5.41) is 1.93. The van der Waals surface area contributed by atoms with Crippen LogP contribution in [-0.2, 0) is 0 Å². The van der Waals surface area contributed by atoms with Gasteiger partial charge in [-0.3, -0.25) is 4.79 Å². The molecule has 1 saturated heterocycles. The SMILES string of the molecule is CC(C)C1CCCN(C(=O)c2sccc2C#CCN)CC1. The number of carbonyl (C=O) groups excluding carboxylic acids is 1. The van der Waals surface area contributed by atoms with Crippen molar-refractivity contribution >= 4 is 17.2 Å². The first kappa shape index (κ1) is 16.1. The lowest BCUT2D eigenvalue weighted by molar-refractivity contribution is 0.0763. The van der Waals surface area contributed by atoms with E-state index in [1.165, 1.54) is 17.8 Å². The summed E-state index contributed by atoms with van der Waals surface area (Å²) in [5.74, 6) is 7.42. The molecule has 0 aromatic carbocycles. The van der Waals surface area contributed by atoms with Gasteiger partial charge in [0.2, 0.25) is 0 Å². The van der Waals surface area contributed by atoms with Gasteiger partial charge in [-0.25, -0.2) is 0 Å². The second-order valence-electron chi connectivity index (χ2n) is 5.90. The largest absolute Gasteiger partial charge is 0.338 e. The summed E-state index contributed by atoms with van der Waals surface area (Å²) in [6.45, 7) is 6.61. The Morgan fingerprint density at radius 1 is 1.48 bits per heavy atom. The number of nitrogens with two attached hydrogens (primary N) is 1. The summed E-state index contributed by atoms with van der Waals surface area (Å²) >= 11 is 1.48. The number of hydrogen-bond donors (Lipinski definition) is 1. The summed E-state index contributed by atoms with van der Waals surface area (Å²) in [7, 11) is 0. The molecule has 114 valence electrons. The van der Waals surface area contributed by atoms with Gasteiger partial charge in [-0.05, 0) is 42.5 Å². The number of hydrogen-bond acceptors (Lipinski definition) is 3. The van der Waals surface area contributed by atoms with Gasteiger partial charge in [-0.1, -0.05) is 25.7 Å². The maximum atomic E-state index is 12.7. The zero-order valence-corrected chi connectivity index (χ0v) is 13.7. The lowest BCUT2D eigenvalue weighted by atomic mass is 9.89. The molecular weight excluding hydrogens is 280 g/mol. The van der Waals surface area contributed by atoms with E-state index in [2.05, 4.69) is 25.7 Å². The van der Waals surface area contributed by atoms with Crippen molar-refractivity contribution in [1.82, 2.24) is 4.90 Å². The first-order chi connectivity index (χ1) is 10.1. The summed E-state index contributed by atoms with van der Waals surface area (Å²) in [4.78, 5) is 15.5. The number of amides is 1. The lowest BCUT2D eigenvalue weighted by Gasteiger charge is -2.21. The fourth-order valence-electron chi connectivity index (χ4n) is 2.86. The second kappa shape index (κ2) is 7.63. The lowest BCUT2D eigenvalue weighted by Crippen LogP contribution is -2.32. The molecule has 1 aliphatic heterocycles. The van der Waals surface area contributed by atoms with E-state index in [9.17, 15) is 4.79 Å². The fraction of sp³-hybridized carbons (Fsp3) is 0.588. The highest BCUT2D eigenvalue weighted by atomic mass is 32.1. The molecule has 0 bridgehead atoms. The average Bonchev–Trinajstić information content (AvgIpc) is 2.78. The van der Waals surface area contributed by atoms with Gasteiger partial charge < -0.3 is 10.6 Å². The van der Waals surface area contributed by atoms with Gasteiger partial charge in [0.05, 0.1) is 6.54 Å². The van der Waals surface area contributed by atoms with Crippen LogP contribution in [0.4, 0.5) is 0 Å². The Bertz CT molecular complexity index is 538. The van der Waals surface area contributed by atoms with E-state index < -0.39 is 0 Å². The summed E-state index contributed by atoms with van der Waals surface area (Å²) in [6, 6.07) is 1.91. The van der Waals surface area contributed by atoms with Crippen molar-refractivity contribution in [3.63, 3.8) is 0 Å². The van der Waals surface area contributed by atoms with Crippen LogP contribution in [0.25, 0.3) is 0 Å². The minimum Gasteiger partial charge on any atom is -0.338 e. The monoisotopic (exact) mass is 304 g/mol. The first-order valence-corrected chi connectivity index (χ1v) is 8.57. The summed E-state index contributed by atoms with van der Waals surface area (Å²) in [5.41, 5.74) is 6.23. The van der Waals surface area contributed by atoms with Crippen molar-refractivity contribution in [1.29, 1.82) is 0 Å². The highest BCUT2D eigenvalue weighted by molar-refractivity contribution is 7.12. The van der Waals surface area contributed by atoms with Crippen molar-refractivity contribution < 1.29 is 4.79 Å². The maximum Gasteiger partial charge on any atom is 0.265 e. The molecule has 0 radical (unpaired) electrons. The van der Waals surface area contributed by atoms with Crippen molar-refractivity contribution in [2.45, 2.75) is 33.1 Å². The molecule has 21 heavy (non-hydrogen) atoms. The molecule has 4 heteroatoms. The molecule has 2 rings (SSSR count). The molecule has 0 aliphatic carbocycles. The predicted octanol–water partition coefficient (Wildman–Crippen LogP) is 2.96. The maximum absolute atomic E-state index is 12.7. The van der Waals surface area contributed by atoms with Gasteiger partial charge in [0.25, 0.3) is 5.91 Å². The Hall–Kier alpha value is -1.31. The molecule has 2 N–H and O–H groups in total. The Morgan fingerprint density at radius 2 is 2.29 bits per heavy atom. The molecule has 1 atom stereocenters. The third kappa shape index (κ3) is 4.09. The van der Waals surface area contributed by atoms with Gasteiger partial charge in [0.1, 0.15) is 4.88 Å². The van der Waals surface area contributed by atoms with Crippen LogP contribution < -0.4 is 5.73 Å². The van der Waals surface area contributed by atoms with Gasteiger partial charge in [-0.2, -0.15) is 0 Å². The molecule has 2 heterocycles. The minimum atomic E-state index is 0.135. The van der Waals surface area contributed by atoms with Crippen molar-refractivity contribution in [2.24, 2.45) is 17.6 Å². The topological polar surface area (TPSA) is 46.3 Å². The van der Waals surface area contributed by atoms with E-state index in [4.69, 9.17) is 5.73 Å². The van der Waals surface area contributed by atoms with Gasteiger partial charge in [-0.15, -0.1) is 11.3 Å². The molecule has 1 aliphatic rings. The highest BCUT2D eigenvalue weighted by Gasteiger charge is 2.24. The van der Waals surface area contributed by atoms with E-state index in [1.54, 1.807) is 0 Å². The molecule has 0 spiro atoms. The highest BCUT2D eigenvalue weighted by Crippen LogP contribution is 2.26.